The van der Waals surface area contributed by atoms with Crippen molar-refractivity contribution in [1.29, 1.82) is 0 Å². The average Bonchev–Trinajstić information content (AvgIpc) is 2.97. The molecule has 1 aromatic heterocycles. The lowest BCUT2D eigenvalue weighted by Gasteiger charge is -2.27. The van der Waals surface area contributed by atoms with Gasteiger partial charge in [0.05, 0.1) is 19.8 Å². The SMILES string of the molecule is COc1csc(C(N)CC2OCCc3ccccc32)c1. The largest absolute Gasteiger partial charge is 0.496 e. The van der Waals surface area contributed by atoms with Gasteiger partial charge in [0.15, 0.2) is 0 Å². The number of benzene rings is 1. The number of ether oxygens (including phenoxy) is 2. The van der Waals surface area contributed by atoms with Gasteiger partial charge in [0.1, 0.15) is 5.75 Å². The summed E-state index contributed by atoms with van der Waals surface area (Å²) < 4.78 is 11.1. The number of hydrogen-bond donors (Lipinski definition) is 1. The van der Waals surface area contributed by atoms with Gasteiger partial charge in [-0.25, -0.2) is 0 Å². The molecule has 2 heterocycles. The van der Waals surface area contributed by atoms with Gasteiger partial charge in [0.25, 0.3) is 0 Å². The lowest BCUT2D eigenvalue weighted by atomic mass is 9.93. The molecule has 2 unspecified atom stereocenters. The number of nitrogens with two attached hydrogens (primary N) is 1. The van der Waals surface area contributed by atoms with Crippen LogP contribution in [0.25, 0.3) is 0 Å². The van der Waals surface area contributed by atoms with Crippen molar-refractivity contribution in [2.75, 3.05) is 13.7 Å². The van der Waals surface area contributed by atoms with Crippen LogP contribution in [0.3, 0.4) is 0 Å². The highest BCUT2D eigenvalue weighted by Gasteiger charge is 2.23. The van der Waals surface area contributed by atoms with Crippen molar-refractivity contribution in [3.8, 4) is 5.75 Å². The first kappa shape index (κ1) is 13.6. The molecule has 2 aromatic rings. The summed E-state index contributed by atoms with van der Waals surface area (Å²) in [6.45, 7) is 0.780. The van der Waals surface area contributed by atoms with E-state index in [9.17, 15) is 0 Å². The minimum absolute atomic E-state index is 0.0138. The molecule has 1 aliphatic rings. The maximum Gasteiger partial charge on any atom is 0.129 e. The van der Waals surface area contributed by atoms with Crippen molar-refractivity contribution >= 4 is 11.3 Å². The second kappa shape index (κ2) is 5.95. The molecule has 1 aliphatic heterocycles. The van der Waals surface area contributed by atoms with Gasteiger partial charge in [0.2, 0.25) is 0 Å². The smallest absolute Gasteiger partial charge is 0.129 e. The van der Waals surface area contributed by atoms with E-state index < -0.39 is 0 Å². The Morgan fingerprint density at radius 2 is 2.30 bits per heavy atom. The third-order valence-electron chi connectivity index (χ3n) is 3.76. The first-order chi connectivity index (χ1) is 9.78. The molecule has 0 fully saturated rings. The van der Waals surface area contributed by atoms with Gasteiger partial charge in [-0.15, -0.1) is 11.3 Å². The molecule has 1 aromatic carbocycles. The summed E-state index contributed by atoms with van der Waals surface area (Å²) in [6.07, 6.45) is 1.90. The van der Waals surface area contributed by atoms with Gasteiger partial charge in [0, 0.05) is 16.3 Å². The van der Waals surface area contributed by atoms with Crippen LogP contribution in [-0.4, -0.2) is 13.7 Å². The molecule has 4 heteroatoms. The van der Waals surface area contributed by atoms with Crippen LogP contribution in [0.15, 0.2) is 35.7 Å². The normalized spacial score (nSPS) is 19.4. The van der Waals surface area contributed by atoms with Crippen LogP contribution < -0.4 is 10.5 Å². The van der Waals surface area contributed by atoms with Gasteiger partial charge < -0.3 is 15.2 Å². The molecule has 2 N–H and O–H groups in total. The van der Waals surface area contributed by atoms with E-state index >= 15 is 0 Å². The van der Waals surface area contributed by atoms with Gasteiger partial charge in [-0.2, -0.15) is 0 Å². The van der Waals surface area contributed by atoms with Crippen LogP contribution in [0.2, 0.25) is 0 Å². The third-order valence-corrected chi connectivity index (χ3v) is 4.80. The van der Waals surface area contributed by atoms with E-state index in [1.54, 1.807) is 18.4 Å². The van der Waals surface area contributed by atoms with Gasteiger partial charge in [-0.3, -0.25) is 0 Å². The van der Waals surface area contributed by atoms with Crippen LogP contribution in [0.5, 0.6) is 5.75 Å². The Bertz CT molecular complexity index is 581. The molecular formula is C16H19NO2S. The van der Waals surface area contributed by atoms with Crippen molar-refractivity contribution in [3.05, 3.63) is 51.7 Å². The van der Waals surface area contributed by atoms with Crippen LogP contribution in [-0.2, 0) is 11.2 Å². The predicted molar refractivity (Wildman–Crippen MR) is 81.3 cm³/mol. The van der Waals surface area contributed by atoms with Crippen LogP contribution >= 0.6 is 11.3 Å². The van der Waals surface area contributed by atoms with E-state index in [1.165, 1.54) is 11.1 Å². The molecule has 20 heavy (non-hydrogen) atoms. The fraction of sp³-hybridized carbons (Fsp3) is 0.375. The molecule has 0 radical (unpaired) electrons. The second-order valence-electron chi connectivity index (χ2n) is 5.04. The topological polar surface area (TPSA) is 44.5 Å². The Hall–Kier alpha value is -1.36. The number of fused-ring (bicyclic) bond motifs is 1. The standard InChI is InChI=1S/C16H19NO2S/c1-18-12-8-16(20-10-12)14(17)9-15-13-5-3-2-4-11(13)6-7-19-15/h2-5,8,10,14-15H,6-7,9,17H2,1H3. The minimum atomic E-state index is -0.0138. The highest BCUT2D eigenvalue weighted by atomic mass is 32.1. The predicted octanol–water partition coefficient (Wildman–Crippen LogP) is 3.46. The Morgan fingerprint density at radius 3 is 3.10 bits per heavy atom. The molecule has 106 valence electrons. The minimum Gasteiger partial charge on any atom is -0.496 e. The molecule has 2 atom stereocenters. The summed E-state index contributed by atoms with van der Waals surface area (Å²) in [7, 11) is 1.68. The molecule has 3 rings (SSSR count). The van der Waals surface area contributed by atoms with Gasteiger partial charge >= 0.3 is 0 Å². The first-order valence-electron chi connectivity index (χ1n) is 6.85. The number of thiophene rings is 1. The fourth-order valence-corrected chi connectivity index (χ4v) is 3.53. The average molecular weight is 289 g/mol. The molecule has 0 saturated carbocycles. The van der Waals surface area contributed by atoms with E-state index in [-0.39, 0.29) is 12.1 Å². The first-order valence-corrected chi connectivity index (χ1v) is 7.73. The zero-order valence-corrected chi connectivity index (χ0v) is 12.4. The van der Waals surface area contributed by atoms with Crippen LogP contribution in [0.1, 0.15) is 34.6 Å². The summed E-state index contributed by atoms with van der Waals surface area (Å²) in [5, 5.41) is 1.99. The van der Waals surface area contributed by atoms with E-state index in [0.29, 0.717) is 0 Å². The lowest BCUT2D eigenvalue weighted by Crippen LogP contribution is -2.21. The molecule has 0 spiro atoms. The quantitative estimate of drug-likeness (QED) is 0.937. The van der Waals surface area contributed by atoms with E-state index in [1.807, 2.05) is 11.4 Å². The van der Waals surface area contributed by atoms with Crippen molar-refractivity contribution in [1.82, 2.24) is 0 Å². The van der Waals surface area contributed by atoms with Gasteiger partial charge in [-0.05, 0) is 30.0 Å². The van der Waals surface area contributed by atoms with Gasteiger partial charge in [-0.1, -0.05) is 24.3 Å². The monoisotopic (exact) mass is 289 g/mol. The summed E-state index contributed by atoms with van der Waals surface area (Å²) >= 11 is 1.65. The van der Waals surface area contributed by atoms with Crippen molar-refractivity contribution in [3.63, 3.8) is 0 Å². The maximum atomic E-state index is 6.33. The van der Waals surface area contributed by atoms with E-state index in [0.717, 1.165) is 30.1 Å². The maximum absolute atomic E-state index is 6.33. The molecule has 0 aliphatic carbocycles. The summed E-state index contributed by atoms with van der Waals surface area (Å²) in [5.74, 6) is 0.880. The Balaban J connectivity index is 1.75. The Kier molecular flexibility index (Phi) is 4.05. The lowest BCUT2D eigenvalue weighted by molar-refractivity contribution is 0.0322. The molecule has 3 nitrogen and oxygen atoms in total. The summed E-state index contributed by atoms with van der Waals surface area (Å²) in [4.78, 5) is 1.15. The number of hydrogen-bond acceptors (Lipinski definition) is 4. The zero-order valence-electron chi connectivity index (χ0n) is 11.5. The molecule has 0 amide bonds. The van der Waals surface area contributed by atoms with Crippen molar-refractivity contribution in [2.45, 2.75) is 25.0 Å². The Morgan fingerprint density at radius 1 is 1.45 bits per heavy atom. The second-order valence-corrected chi connectivity index (χ2v) is 5.98. The third kappa shape index (κ3) is 2.73. The number of rotatable bonds is 4. The summed E-state index contributed by atoms with van der Waals surface area (Å²) in [6, 6.07) is 10.5. The summed E-state index contributed by atoms with van der Waals surface area (Å²) in [5.41, 5.74) is 9.00. The van der Waals surface area contributed by atoms with E-state index in [2.05, 4.69) is 24.3 Å². The fourth-order valence-electron chi connectivity index (χ4n) is 2.65. The molecule has 0 bridgehead atoms. The zero-order chi connectivity index (χ0) is 13.9. The highest BCUT2D eigenvalue weighted by Crippen LogP contribution is 2.35. The van der Waals surface area contributed by atoms with Crippen molar-refractivity contribution < 1.29 is 9.47 Å². The number of methoxy groups -OCH3 is 1. The molecular weight excluding hydrogens is 270 g/mol. The highest BCUT2D eigenvalue weighted by molar-refractivity contribution is 7.10. The van der Waals surface area contributed by atoms with Crippen LogP contribution in [0, 0.1) is 0 Å². The van der Waals surface area contributed by atoms with E-state index in [4.69, 9.17) is 15.2 Å². The molecule has 0 saturated heterocycles. The van der Waals surface area contributed by atoms with Crippen molar-refractivity contribution in [2.24, 2.45) is 5.73 Å². The van der Waals surface area contributed by atoms with Crippen LogP contribution in [0.4, 0.5) is 0 Å². The Labute approximate surface area is 123 Å².